The molecule has 1 aromatic carbocycles. The maximum atomic E-state index is 13.1. The van der Waals surface area contributed by atoms with Crippen molar-refractivity contribution in [3.63, 3.8) is 0 Å². The highest BCUT2D eigenvalue weighted by molar-refractivity contribution is 7.88. The van der Waals surface area contributed by atoms with Gasteiger partial charge in [0.15, 0.2) is 0 Å². The molecule has 1 N–H and O–H groups in total. The number of piperidine rings is 1. The zero-order valence-corrected chi connectivity index (χ0v) is 13.1. The third-order valence-corrected chi connectivity index (χ3v) is 4.14. The lowest BCUT2D eigenvalue weighted by Gasteiger charge is -2.32. The van der Waals surface area contributed by atoms with Crippen LogP contribution in [0.25, 0.3) is 6.08 Å². The summed E-state index contributed by atoms with van der Waals surface area (Å²) in [5.41, 5.74) is 0.608. The molecule has 1 atom stereocenters. The van der Waals surface area contributed by atoms with E-state index in [1.807, 2.05) is 0 Å². The first-order chi connectivity index (χ1) is 10.3. The Balaban J connectivity index is 1.97. The lowest BCUT2D eigenvalue weighted by atomic mass is 10.1. The number of carbonyl (C=O) groups excluding carboxylic acids is 1. The number of carbonyl (C=O) groups is 1. The Bertz CT molecular complexity index is 673. The second-order valence-electron chi connectivity index (χ2n) is 5.40. The van der Waals surface area contributed by atoms with Gasteiger partial charge in [-0.05, 0) is 36.6 Å². The molecule has 1 fully saturated rings. The van der Waals surface area contributed by atoms with E-state index in [9.17, 15) is 17.6 Å². The molecule has 0 spiro atoms. The normalized spacial score (nSPS) is 19.5. The maximum absolute atomic E-state index is 13.1. The minimum absolute atomic E-state index is 0.204. The van der Waals surface area contributed by atoms with E-state index >= 15 is 0 Å². The number of amides is 1. The molecule has 0 radical (unpaired) electrons. The fraction of sp³-hybridized carbons (Fsp3) is 0.400. The summed E-state index contributed by atoms with van der Waals surface area (Å²) in [5, 5.41) is 0. The second-order valence-corrected chi connectivity index (χ2v) is 7.18. The van der Waals surface area contributed by atoms with Gasteiger partial charge in [0.25, 0.3) is 0 Å². The monoisotopic (exact) mass is 326 g/mol. The van der Waals surface area contributed by atoms with Gasteiger partial charge in [0.1, 0.15) is 5.82 Å². The molecule has 2 rings (SSSR count). The van der Waals surface area contributed by atoms with E-state index in [0.717, 1.165) is 12.7 Å². The largest absolute Gasteiger partial charge is 0.338 e. The van der Waals surface area contributed by atoms with Crippen molar-refractivity contribution in [3.05, 3.63) is 41.7 Å². The summed E-state index contributed by atoms with van der Waals surface area (Å²) in [6.45, 7) is 0.938. The number of likely N-dealkylation sites (tertiary alicyclic amines) is 1. The highest BCUT2D eigenvalue weighted by Gasteiger charge is 2.24. The molecule has 7 heteroatoms. The van der Waals surface area contributed by atoms with Gasteiger partial charge in [-0.2, -0.15) is 0 Å². The Labute approximate surface area is 129 Å². The third-order valence-electron chi connectivity index (χ3n) is 3.38. The summed E-state index contributed by atoms with van der Waals surface area (Å²) < 4.78 is 38.1. The summed E-state index contributed by atoms with van der Waals surface area (Å²) >= 11 is 0. The average Bonchev–Trinajstić information content (AvgIpc) is 2.43. The molecule has 1 aromatic rings. The first kappa shape index (κ1) is 16.6. The molecule has 120 valence electrons. The fourth-order valence-corrected chi connectivity index (χ4v) is 3.26. The lowest BCUT2D eigenvalue weighted by molar-refractivity contribution is -0.127. The van der Waals surface area contributed by atoms with E-state index < -0.39 is 10.0 Å². The number of rotatable bonds is 4. The Kier molecular flexibility index (Phi) is 5.31. The number of nitrogens with zero attached hydrogens (tertiary/aromatic N) is 1. The van der Waals surface area contributed by atoms with Crippen molar-refractivity contribution >= 4 is 22.0 Å². The van der Waals surface area contributed by atoms with Crippen LogP contribution in [0, 0.1) is 5.82 Å². The standard InChI is InChI=1S/C15H19FN2O3S/c1-22(20,21)17-14-6-3-9-18(11-14)15(19)8-7-12-4-2-5-13(16)10-12/h2,4-5,7-8,10,14,17H,3,6,9,11H2,1H3/b8-7+/t14-/m0/s1. The van der Waals surface area contributed by atoms with Crippen LogP contribution in [-0.4, -0.2) is 44.6 Å². The summed E-state index contributed by atoms with van der Waals surface area (Å²) in [7, 11) is -3.28. The first-order valence-corrected chi connectivity index (χ1v) is 8.92. The highest BCUT2D eigenvalue weighted by Crippen LogP contribution is 2.12. The molecule has 0 unspecified atom stereocenters. The Morgan fingerprint density at radius 2 is 2.23 bits per heavy atom. The Morgan fingerprint density at radius 1 is 1.45 bits per heavy atom. The number of hydrogen-bond donors (Lipinski definition) is 1. The molecule has 0 saturated carbocycles. The van der Waals surface area contributed by atoms with E-state index in [-0.39, 0.29) is 17.8 Å². The van der Waals surface area contributed by atoms with Crippen molar-refractivity contribution in [3.8, 4) is 0 Å². The smallest absolute Gasteiger partial charge is 0.246 e. The molecule has 0 aromatic heterocycles. The molecule has 5 nitrogen and oxygen atoms in total. The van der Waals surface area contributed by atoms with Gasteiger partial charge in [-0.1, -0.05) is 12.1 Å². The molecule has 1 amide bonds. The van der Waals surface area contributed by atoms with Gasteiger partial charge in [-0.15, -0.1) is 0 Å². The molecule has 0 aliphatic carbocycles. The van der Waals surface area contributed by atoms with Crippen LogP contribution in [-0.2, 0) is 14.8 Å². The van der Waals surface area contributed by atoms with Crippen LogP contribution >= 0.6 is 0 Å². The van der Waals surface area contributed by atoms with Gasteiger partial charge < -0.3 is 4.90 Å². The van der Waals surface area contributed by atoms with Crippen LogP contribution in [0.1, 0.15) is 18.4 Å². The minimum atomic E-state index is -3.28. The van der Waals surface area contributed by atoms with E-state index in [1.165, 1.54) is 18.2 Å². The minimum Gasteiger partial charge on any atom is -0.338 e. The average molecular weight is 326 g/mol. The maximum Gasteiger partial charge on any atom is 0.246 e. The number of sulfonamides is 1. The zero-order chi connectivity index (χ0) is 16.2. The summed E-state index contributed by atoms with van der Waals surface area (Å²) in [6, 6.07) is 5.71. The van der Waals surface area contributed by atoms with Crippen LogP contribution in [0.15, 0.2) is 30.3 Å². The lowest BCUT2D eigenvalue weighted by Crippen LogP contribution is -2.48. The third kappa shape index (κ3) is 5.23. The van der Waals surface area contributed by atoms with Crippen LogP contribution < -0.4 is 4.72 Å². The fourth-order valence-electron chi connectivity index (χ4n) is 2.46. The molecule has 1 heterocycles. The molecule has 1 aliphatic rings. The molecule has 1 aliphatic heterocycles. The number of nitrogens with one attached hydrogen (secondary N) is 1. The number of hydrogen-bond acceptors (Lipinski definition) is 3. The van der Waals surface area contributed by atoms with Crippen LogP contribution in [0.2, 0.25) is 0 Å². The van der Waals surface area contributed by atoms with E-state index in [0.29, 0.717) is 25.1 Å². The highest BCUT2D eigenvalue weighted by atomic mass is 32.2. The molecule has 22 heavy (non-hydrogen) atoms. The molecular formula is C15H19FN2O3S. The van der Waals surface area contributed by atoms with Crippen molar-refractivity contribution in [2.75, 3.05) is 19.3 Å². The van der Waals surface area contributed by atoms with Gasteiger partial charge in [0.05, 0.1) is 6.26 Å². The SMILES string of the molecule is CS(=O)(=O)N[C@H]1CCCN(C(=O)/C=C/c2cccc(F)c2)C1. The van der Waals surface area contributed by atoms with Gasteiger partial charge in [-0.3, -0.25) is 4.79 Å². The van der Waals surface area contributed by atoms with E-state index in [2.05, 4.69) is 4.72 Å². The predicted molar refractivity (Wildman–Crippen MR) is 83.0 cm³/mol. The molecule has 0 bridgehead atoms. The van der Waals surface area contributed by atoms with Crippen molar-refractivity contribution in [1.29, 1.82) is 0 Å². The second kappa shape index (κ2) is 7.02. The van der Waals surface area contributed by atoms with Crippen LogP contribution in [0.5, 0.6) is 0 Å². The first-order valence-electron chi connectivity index (χ1n) is 7.03. The van der Waals surface area contributed by atoms with Crippen LogP contribution in [0.3, 0.4) is 0 Å². The van der Waals surface area contributed by atoms with Crippen molar-refractivity contribution < 1.29 is 17.6 Å². The number of benzene rings is 1. The summed E-state index contributed by atoms with van der Waals surface area (Å²) in [4.78, 5) is 13.7. The quantitative estimate of drug-likeness (QED) is 0.850. The number of halogens is 1. The molecular weight excluding hydrogens is 307 g/mol. The summed E-state index contributed by atoms with van der Waals surface area (Å²) in [5.74, 6) is -0.561. The van der Waals surface area contributed by atoms with Crippen molar-refractivity contribution in [2.24, 2.45) is 0 Å². The Morgan fingerprint density at radius 3 is 2.91 bits per heavy atom. The van der Waals surface area contributed by atoms with Gasteiger partial charge >= 0.3 is 0 Å². The van der Waals surface area contributed by atoms with E-state index in [4.69, 9.17) is 0 Å². The summed E-state index contributed by atoms with van der Waals surface area (Å²) in [6.07, 6.45) is 5.51. The topological polar surface area (TPSA) is 66.5 Å². The zero-order valence-electron chi connectivity index (χ0n) is 12.3. The van der Waals surface area contributed by atoms with Crippen molar-refractivity contribution in [2.45, 2.75) is 18.9 Å². The van der Waals surface area contributed by atoms with Gasteiger partial charge in [0.2, 0.25) is 15.9 Å². The van der Waals surface area contributed by atoms with Crippen molar-refractivity contribution in [1.82, 2.24) is 9.62 Å². The van der Waals surface area contributed by atoms with E-state index in [1.54, 1.807) is 23.1 Å². The van der Waals surface area contributed by atoms with Gasteiger partial charge in [0, 0.05) is 25.2 Å². The van der Waals surface area contributed by atoms with Crippen LogP contribution in [0.4, 0.5) is 4.39 Å². The Hall–Kier alpha value is -1.73. The van der Waals surface area contributed by atoms with Gasteiger partial charge in [-0.25, -0.2) is 17.5 Å². The predicted octanol–water partition coefficient (Wildman–Crippen LogP) is 1.38. The molecule has 1 saturated heterocycles.